The Labute approximate surface area is 149 Å². The fraction of sp³-hybridized carbons (Fsp3) is 0.318. The normalized spacial score (nSPS) is 14.5. The maximum absolute atomic E-state index is 11.7. The lowest BCUT2D eigenvalue weighted by Gasteiger charge is -2.32. The Balaban J connectivity index is 1.81. The number of esters is 1. The molecule has 0 aromatic heterocycles. The van der Waals surface area contributed by atoms with Crippen molar-refractivity contribution < 1.29 is 14.3 Å². The predicted octanol–water partition coefficient (Wildman–Crippen LogP) is 4.32. The van der Waals surface area contributed by atoms with E-state index in [0.29, 0.717) is 12.2 Å². The first kappa shape index (κ1) is 17.1. The summed E-state index contributed by atoms with van der Waals surface area (Å²) in [6, 6.07) is 13.3. The van der Waals surface area contributed by atoms with Crippen LogP contribution in [0.3, 0.4) is 0 Å². The van der Waals surface area contributed by atoms with Crippen LogP contribution in [0.5, 0.6) is 5.75 Å². The number of rotatable bonds is 2. The lowest BCUT2D eigenvalue weighted by molar-refractivity contribution is 0.0526. The van der Waals surface area contributed by atoms with Gasteiger partial charge in [0, 0.05) is 16.7 Å². The van der Waals surface area contributed by atoms with E-state index in [0.717, 1.165) is 29.9 Å². The number of benzene rings is 2. The van der Waals surface area contributed by atoms with Gasteiger partial charge in [-0.05, 0) is 61.2 Å². The molecule has 25 heavy (non-hydrogen) atoms. The summed E-state index contributed by atoms with van der Waals surface area (Å²) >= 11 is 0. The van der Waals surface area contributed by atoms with Gasteiger partial charge in [0.05, 0.1) is 18.8 Å². The van der Waals surface area contributed by atoms with Crippen LogP contribution in [-0.4, -0.2) is 19.2 Å². The minimum Gasteiger partial charge on any atom is -0.493 e. The molecule has 128 valence electrons. The van der Waals surface area contributed by atoms with Crippen molar-refractivity contribution in [1.82, 2.24) is 0 Å². The van der Waals surface area contributed by atoms with E-state index in [1.807, 2.05) is 24.3 Å². The average molecular weight is 334 g/mol. The molecule has 0 bridgehead atoms. The van der Waals surface area contributed by atoms with Gasteiger partial charge in [-0.15, -0.1) is 0 Å². The molecule has 1 heterocycles. The summed E-state index contributed by atoms with van der Waals surface area (Å²) in [5.41, 5.74) is 3.68. The van der Waals surface area contributed by atoms with Crippen molar-refractivity contribution in [2.24, 2.45) is 0 Å². The van der Waals surface area contributed by atoms with Crippen LogP contribution in [0.25, 0.3) is 0 Å². The Bertz CT molecular complexity index is 836. The molecule has 1 aliphatic rings. The van der Waals surface area contributed by atoms with Crippen molar-refractivity contribution in [1.29, 1.82) is 0 Å². The highest BCUT2D eigenvalue weighted by Crippen LogP contribution is 2.38. The van der Waals surface area contributed by atoms with Gasteiger partial charge in [0.25, 0.3) is 0 Å². The number of hydrogen-bond acceptors (Lipinski definition) is 3. The van der Waals surface area contributed by atoms with Crippen molar-refractivity contribution >= 4 is 5.97 Å². The SMILES string of the molecule is CCOC(=O)c1ccc(C#Cc2ccc3c(c2)C(C)(C)CCO3)cc1. The first-order chi connectivity index (χ1) is 12.0. The number of fused-ring (bicyclic) bond motifs is 1. The summed E-state index contributed by atoms with van der Waals surface area (Å²) in [5, 5.41) is 0. The largest absolute Gasteiger partial charge is 0.493 e. The van der Waals surface area contributed by atoms with Gasteiger partial charge in [0.1, 0.15) is 5.75 Å². The van der Waals surface area contributed by atoms with E-state index in [1.165, 1.54) is 5.56 Å². The molecular weight excluding hydrogens is 312 g/mol. The van der Waals surface area contributed by atoms with E-state index in [-0.39, 0.29) is 11.4 Å². The zero-order valence-corrected chi connectivity index (χ0v) is 14.9. The zero-order chi connectivity index (χ0) is 17.9. The maximum Gasteiger partial charge on any atom is 0.338 e. The third-order valence-electron chi connectivity index (χ3n) is 4.44. The van der Waals surface area contributed by atoms with E-state index in [9.17, 15) is 4.79 Å². The van der Waals surface area contributed by atoms with Crippen LogP contribution < -0.4 is 4.74 Å². The molecule has 1 aliphatic heterocycles. The van der Waals surface area contributed by atoms with Gasteiger partial charge in [-0.25, -0.2) is 4.79 Å². The van der Waals surface area contributed by atoms with Gasteiger partial charge in [-0.3, -0.25) is 0 Å². The zero-order valence-electron chi connectivity index (χ0n) is 14.9. The van der Waals surface area contributed by atoms with Crippen molar-refractivity contribution in [3.8, 4) is 17.6 Å². The van der Waals surface area contributed by atoms with Gasteiger partial charge < -0.3 is 9.47 Å². The molecule has 0 radical (unpaired) electrons. The molecule has 0 saturated carbocycles. The number of hydrogen-bond donors (Lipinski definition) is 0. The van der Waals surface area contributed by atoms with E-state index in [1.54, 1.807) is 19.1 Å². The minimum atomic E-state index is -0.307. The minimum absolute atomic E-state index is 0.104. The first-order valence-electron chi connectivity index (χ1n) is 8.56. The molecule has 0 saturated heterocycles. The Morgan fingerprint density at radius 2 is 1.80 bits per heavy atom. The summed E-state index contributed by atoms with van der Waals surface area (Å²) < 4.78 is 10.7. The number of carbonyl (C=O) groups is 1. The smallest absolute Gasteiger partial charge is 0.338 e. The van der Waals surface area contributed by atoms with Gasteiger partial charge in [0.15, 0.2) is 0 Å². The summed E-state index contributed by atoms with van der Waals surface area (Å²) in [5.74, 6) is 7.00. The summed E-state index contributed by atoms with van der Waals surface area (Å²) in [4.78, 5) is 11.7. The molecule has 2 aromatic rings. The molecule has 0 N–H and O–H groups in total. The van der Waals surface area contributed by atoms with Crippen LogP contribution >= 0.6 is 0 Å². The van der Waals surface area contributed by atoms with Gasteiger partial charge >= 0.3 is 5.97 Å². The predicted molar refractivity (Wildman–Crippen MR) is 98.0 cm³/mol. The third kappa shape index (κ3) is 3.85. The second-order valence-electron chi connectivity index (χ2n) is 6.74. The lowest BCUT2D eigenvalue weighted by atomic mass is 9.79. The number of ether oxygens (including phenoxy) is 2. The van der Waals surface area contributed by atoms with Crippen LogP contribution in [-0.2, 0) is 10.2 Å². The van der Waals surface area contributed by atoms with Gasteiger partial charge in [-0.2, -0.15) is 0 Å². The molecule has 0 amide bonds. The van der Waals surface area contributed by atoms with Crippen LogP contribution in [0.15, 0.2) is 42.5 Å². The highest BCUT2D eigenvalue weighted by molar-refractivity contribution is 5.89. The van der Waals surface area contributed by atoms with Crippen LogP contribution in [0.1, 0.15) is 54.2 Å². The summed E-state index contributed by atoms with van der Waals surface area (Å²) in [6.45, 7) is 7.40. The van der Waals surface area contributed by atoms with Crippen molar-refractivity contribution in [2.75, 3.05) is 13.2 Å². The van der Waals surface area contributed by atoms with E-state index in [2.05, 4.69) is 31.8 Å². The fourth-order valence-corrected chi connectivity index (χ4v) is 2.86. The molecule has 3 rings (SSSR count). The van der Waals surface area contributed by atoms with Crippen LogP contribution in [0.4, 0.5) is 0 Å². The molecule has 0 atom stereocenters. The molecule has 0 spiro atoms. The van der Waals surface area contributed by atoms with Crippen molar-refractivity contribution in [3.63, 3.8) is 0 Å². The monoisotopic (exact) mass is 334 g/mol. The van der Waals surface area contributed by atoms with E-state index < -0.39 is 0 Å². The van der Waals surface area contributed by atoms with Crippen LogP contribution in [0, 0.1) is 11.8 Å². The Kier molecular flexibility index (Phi) is 4.81. The molecule has 0 aliphatic carbocycles. The molecule has 2 aromatic carbocycles. The average Bonchev–Trinajstić information content (AvgIpc) is 2.61. The van der Waals surface area contributed by atoms with E-state index in [4.69, 9.17) is 9.47 Å². The maximum atomic E-state index is 11.7. The second kappa shape index (κ2) is 7.03. The lowest BCUT2D eigenvalue weighted by Crippen LogP contribution is -2.26. The summed E-state index contributed by atoms with van der Waals surface area (Å²) in [6.07, 6.45) is 1.01. The molecule has 3 nitrogen and oxygen atoms in total. The second-order valence-corrected chi connectivity index (χ2v) is 6.74. The Morgan fingerprint density at radius 1 is 1.12 bits per heavy atom. The topological polar surface area (TPSA) is 35.5 Å². The Morgan fingerprint density at radius 3 is 2.52 bits per heavy atom. The van der Waals surface area contributed by atoms with E-state index >= 15 is 0 Å². The fourth-order valence-electron chi connectivity index (χ4n) is 2.86. The van der Waals surface area contributed by atoms with Crippen molar-refractivity contribution in [2.45, 2.75) is 32.6 Å². The third-order valence-corrected chi connectivity index (χ3v) is 4.44. The van der Waals surface area contributed by atoms with Gasteiger partial charge in [-0.1, -0.05) is 25.7 Å². The first-order valence-corrected chi connectivity index (χ1v) is 8.56. The highest BCUT2D eigenvalue weighted by atomic mass is 16.5. The molecule has 0 fully saturated rings. The Hall–Kier alpha value is -2.73. The standard InChI is InChI=1S/C22H22O3/c1-4-24-21(23)18-10-7-16(8-11-18)5-6-17-9-12-20-19(15-17)22(2,3)13-14-25-20/h7-12,15H,4,13-14H2,1-3H3. The molecule has 0 unspecified atom stereocenters. The van der Waals surface area contributed by atoms with Gasteiger partial charge in [0.2, 0.25) is 0 Å². The van der Waals surface area contributed by atoms with Crippen LogP contribution in [0.2, 0.25) is 0 Å². The number of carbonyl (C=O) groups excluding carboxylic acids is 1. The van der Waals surface area contributed by atoms with Crippen molar-refractivity contribution in [3.05, 3.63) is 64.7 Å². The molecular formula is C22H22O3. The highest BCUT2D eigenvalue weighted by Gasteiger charge is 2.28. The quantitative estimate of drug-likeness (QED) is 0.606. The summed E-state index contributed by atoms with van der Waals surface area (Å²) in [7, 11) is 0. The molecule has 3 heteroatoms.